The van der Waals surface area contributed by atoms with Gasteiger partial charge in [-0.3, -0.25) is 4.79 Å². The molecule has 5 nitrogen and oxygen atoms in total. The number of carbonyl (C=O) groups is 2. The summed E-state index contributed by atoms with van der Waals surface area (Å²) in [6, 6.07) is 14.2. The summed E-state index contributed by atoms with van der Waals surface area (Å²) < 4.78 is 0. The van der Waals surface area contributed by atoms with Crippen LogP contribution in [-0.4, -0.2) is 36.0 Å². The Labute approximate surface area is 142 Å². The van der Waals surface area contributed by atoms with Crippen molar-refractivity contribution in [3.63, 3.8) is 0 Å². The van der Waals surface area contributed by atoms with Gasteiger partial charge in [-0.2, -0.15) is 0 Å². The SMILES string of the molecule is CCC(=O)N1CC[C@H](NC(=O)NCc2ccc3ccccc3c2)C1. The maximum atomic E-state index is 12.1. The van der Waals surface area contributed by atoms with Crippen LogP contribution in [0.4, 0.5) is 4.79 Å². The molecular formula is C19H23N3O2. The molecule has 1 saturated heterocycles. The zero-order valence-corrected chi connectivity index (χ0v) is 13.9. The second kappa shape index (κ2) is 7.34. The summed E-state index contributed by atoms with van der Waals surface area (Å²) in [5, 5.41) is 8.21. The number of amides is 3. The fraction of sp³-hybridized carbons (Fsp3) is 0.368. The quantitative estimate of drug-likeness (QED) is 0.908. The molecule has 0 bridgehead atoms. The van der Waals surface area contributed by atoms with E-state index in [1.165, 1.54) is 10.8 Å². The summed E-state index contributed by atoms with van der Waals surface area (Å²) >= 11 is 0. The van der Waals surface area contributed by atoms with E-state index in [0.717, 1.165) is 18.5 Å². The van der Waals surface area contributed by atoms with Crippen molar-refractivity contribution in [3.8, 4) is 0 Å². The van der Waals surface area contributed by atoms with Gasteiger partial charge in [-0.25, -0.2) is 4.79 Å². The molecule has 24 heavy (non-hydrogen) atoms. The van der Waals surface area contributed by atoms with Gasteiger partial charge in [0, 0.05) is 32.1 Å². The fourth-order valence-electron chi connectivity index (χ4n) is 3.10. The van der Waals surface area contributed by atoms with Crippen LogP contribution in [0, 0.1) is 0 Å². The highest BCUT2D eigenvalue weighted by Gasteiger charge is 2.26. The number of hydrogen-bond donors (Lipinski definition) is 2. The lowest BCUT2D eigenvalue weighted by Gasteiger charge is -2.16. The summed E-state index contributed by atoms with van der Waals surface area (Å²) in [7, 11) is 0. The van der Waals surface area contributed by atoms with E-state index in [1.807, 2.05) is 30.0 Å². The predicted octanol–water partition coefficient (Wildman–Crippen LogP) is 2.65. The summed E-state index contributed by atoms with van der Waals surface area (Å²) in [4.78, 5) is 25.5. The lowest BCUT2D eigenvalue weighted by atomic mass is 10.1. The number of nitrogens with zero attached hydrogens (tertiary/aromatic N) is 1. The van der Waals surface area contributed by atoms with Crippen LogP contribution in [0.25, 0.3) is 10.8 Å². The monoisotopic (exact) mass is 325 g/mol. The van der Waals surface area contributed by atoms with Crippen molar-refractivity contribution in [1.82, 2.24) is 15.5 Å². The van der Waals surface area contributed by atoms with Crippen LogP contribution in [0.1, 0.15) is 25.3 Å². The minimum absolute atomic E-state index is 0.0390. The maximum Gasteiger partial charge on any atom is 0.315 e. The second-order valence-corrected chi connectivity index (χ2v) is 6.19. The molecule has 3 amide bonds. The molecule has 3 rings (SSSR count). The number of benzene rings is 2. The van der Waals surface area contributed by atoms with E-state index in [-0.39, 0.29) is 18.0 Å². The number of fused-ring (bicyclic) bond motifs is 1. The highest BCUT2D eigenvalue weighted by molar-refractivity contribution is 5.83. The van der Waals surface area contributed by atoms with Crippen molar-refractivity contribution in [2.75, 3.05) is 13.1 Å². The lowest BCUT2D eigenvalue weighted by molar-refractivity contribution is -0.129. The molecule has 1 aliphatic heterocycles. The summed E-state index contributed by atoms with van der Waals surface area (Å²) in [6.07, 6.45) is 1.33. The molecule has 5 heteroatoms. The van der Waals surface area contributed by atoms with E-state index in [4.69, 9.17) is 0 Å². The van der Waals surface area contributed by atoms with Crippen molar-refractivity contribution in [3.05, 3.63) is 48.0 Å². The van der Waals surface area contributed by atoms with Gasteiger partial charge in [-0.1, -0.05) is 43.3 Å². The molecule has 0 aromatic heterocycles. The number of nitrogens with one attached hydrogen (secondary N) is 2. The van der Waals surface area contributed by atoms with Crippen LogP contribution in [-0.2, 0) is 11.3 Å². The second-order valence-electron chi connectivity index (χ2n) is 6.19. The Morgan fingerprint density at radius 2 is 1.96 bits per heavy atom. The van der Waals surface area contributed by atoms with Gasteiger partial charge < -0.3 is 15.5 Å². The number of rotatable bonds is 4. The maximum absolute atomic E-state index is 12.1. The molecule has 2 N–H and O–H groups in total. The standard InChI is InChI=1S/C19H23N3O2/c1-2-18(23)22-10-9-17(13-22)21-19(24)20-12-14-7-8-15-5-3-4-6-16(15)11-14/h3-8,11,17H,2,9-10,12-13H2,1H3,(H2,20,21,24)/t17-/m0/s1. The molecule has 126 valence electrons. The van der Waals surface area contributed by atoms with E-state index in [2.05, 4.69) is 34.9 Å². The van der Waals surface area contributed by atoms with Gasteiger partial charge in [0.25, 0.3) is 0 Å². The Kier molecular flexibility index (Phi) is 4.99. The Bertz CT molecular complexity index is 744. The Hall–Kier alpha value is -2.56. The molecule has 0 aliphatic carbocycles. The van der Waals surface area contributed by atoms with E-state index in [0.29, 0.717) is 19.5 Å². The molecule has 0 spiro atoms. The minimum atomic E-state index is -0.182. The van der Waals surface area contributed by atoms with E-state index in [9.17, 15) is 9.59 Å². The first kappa shape index (κ1) is 16.3. The third kappa shape index (κ3) is 3.85. The van der Waals surface area contributed by atoms with E-state index < -0.39 is 0 Å². The molecule has 0 saturated carbocycles. The predicted molar refractivity (Wildman–Crippen MR) is 94.6 cm³/mol. The first-order valence-corrected chi connectivity index (χ1v) is 8.45. The summed E-state index contributed by atoms with van der Waals surface area (Å²) in [6.45, 7) is 3.68. The van der Waals surface area contributed by atoms with Crippen LogP contribution in [0.15, 0.2) is 42.5 Å². The van der Waals surface area contributed by atoms with Crippen molar-refractivity contribution in [2.24, 2.45) is 0 Å². The Morgan fingerprint density at radius 1 is 1.17 bits per heavy atom. The van der Waals surface area contributed by atoms with Gasteiger partial charge in [0.15, 0.2) is 0 Å². The molecule has 0 radical (unpaired) electrons. The number of carbonyl (C=O) groups excluding carboxylic acids is 2. The van der Waals surface area contributed by atoms with Crippen LogP contribution < -0.4 is 10.6 Å². The number of hydrogen-bond acceptors (Lipinski definition) is 2. The van der Waals surface area contributed by atoms with Gasteiger partial charge in [-0.15, -0.1) is 0 Å². The average molecular weight is 325 g/mol. The molecule has 1 heterocycles. The highest BCUT2D eigenvalue weighted by Crippen LogP contribution is 2.15. The van der Waals surface area contributed by atoms with Crippen molar-refractivity contribution in [2.45, 2.75) is 32.4 Å². The smallest absolute Gasteiger partial charge is 0.315 e. The number of urea groups is 1. The van der Waals surface area contributed by atoms with Crippen molar-refractivity contribution < 1.29 is 9.59 Å². The van der Waals surface area contributed by atoms with Crippen molar-refractivity contribution in [1.29, 1.82) is 0 Å². The van der Waals surface area contributed by atoms with Gasteiger partial charge in [0.05, 0.1) is 0 Å². The van der Waals surface area contributed by atoms with E-state index >= 15 is 0 Å². The summed E-state index contributed by atoms with van der Waals surface area (Å²) in [5.74, 6) is 0.149. The van der Waals surface area contributed by atoms with Crippen LogP contribution >= 0.6 is 0 Å². The molecular weight excluding hydrogens is 302 g/mol. The Balaban J connectivity index is 1.49. The highest BCUT2D eigenvalue weighted by atomic mass is 16.2. The normalized spacial score (nSPS) is 17.0. The van der Waals surface area contributed by atoms with Gasteiger partial charge in [0.1, 0.15) is 0 Å². The largest absolute Gasteiger partial charge is 0.341 e. The third-order valence-corrected chi connectivity index (χ3v) is 4.45. The fourth-order valence-corrected chi connectivity index (χ4v) is 3.10. The first-order valence-electron chi connectivity index (χ1n) is 8.45. The molecule has 2 aromatic rings. The average Bonchev–Trinajstić information content (AvgIpc) is 3.07. The van der Waals surface area contributed by atoms with Crippen LogP contribution in [0.3, 0.4) is 0 Å². The first-order chi connectivity index (χ1) is 11.7. The van der Waals surface area contributed by atoms with Gasteiger partial charge in [0.2, 0.25) is 5.91 Å². The third-order valence-electron chi connectivity index (χ3n) is 4.45. The molecule has 2 aromatic carbocycles. The van der Waals surface area contributed by atoms with Crippen LogP contribution in [0.2, 0.25) is 0 Å². The zero-order chi connectivity index (χ0) is 16.9. The molecule has 1 fully saturated rings. The van der Waals surface area contributed by atoms with Crippen LogP contribution in [0.5, 0.6) is 0 Å². The van der Waals surface area contributed by atoms with Gasteiger partial charge >= 0.3 is 6.03 Å². The summed E-state index contributed by atoms with van der Waals surface area (Å²) in [5.41, 5.74) is 1.07. The Morgan fingerprint density at radius 3 is 2.75 bits per heavy atom. The number of likely N-dealkylation sites (tertiary alicyclic amines) is 1. The zero-order valence-electron chi connectivity index (χ0n) is 13.9. The molecule has 0 unspecified atom stereocenters. The van der Waals surface area contributed by atoms with Crippen molar-refractivity contribution >= 4 is 22.7 Å². The van der Waals surface area contributed by atoms with E-state index in [1.54, 1.807) is 0 Å². The molecule has 1 aliphatic rings. The molecule has 1 atom stereocenters. The minimum Gasteiger partial charge on any atom is -0.341 e. The topological polar surface area (TPSA) is 61.4 Å². The van der Waals surface area contributed by atoms with Gasteiger partial charge in [-0.05, 0) is 28.8 Å². The lowest BCUT2D eigenvalue weighted by Crippen LogP contribution is -2.43.